The molecule has 1 rings (SSSR count). The van der Waals surface area contributed by atoms with E-state index >= 15 is 0 Å². The molecule has 1 aromatic carbocycles. The van der Waals surface area contributed by atoms with Crippen LogP contribution in [0.3, 0.4) is 0 Å². The molecule has 0 spiro atoms. The number of benzene rings is 1. The zero-order chi connectivity index (χ0) is 9.14. The number of hydrogen-bond acceptors (Lipinski definition) is 2. The molecule has 2 nitrogen and oxygen atoms in total. The first kappa shape index (κ1) is 9.00. The molecule has 64 valence electrons. The van der Waals surface area contributed by atoms with E-state index in [4.69, 9.17) is 11.6 Å². The van der Waals surface area contributed by atoms with Crippen molar-refractivity contribution in [1.82, 2.24) is 0 Å². The van der Waals surface area contributed by atoms with Gasteiger partial charge in [-0.1, -0.05) is 11.6 Å². The van der Waals surface area contributed by atoms with Gasteiger partial charge in [0.1, 0.15) is 11.6 Å². The quantitative estimate of drug-likeness (QED) is 0.500. The first-order chi connectivity index (χ1) is 5.59. The molecule has 0 N–H and O–H groups in total. The lowest BCUT2D eigenvalue weighted by atomic mass is 10.3. The smallest absolute Gasteiger partial charge is 0.308 e. The van der Waals surface area contributed by atoms with Crippen LogP contribution in [0, 0.1) is 5.82 Å². The van der Waals surface area contributed by atoms with E-state index in [-0.39, 0.29) is 10.8 Å². The van der Waals surface area contributed by atoms with Gasteiger partial charge in [0.25, 0.3) is 0 Å². The molecule has 0 bridgehead atoms. The highest BCUT2D eigenvalue weighted by Crippen LogP contribution is 2.24. The number of rotatable bonds is 1. The van der Waals surface area contributed by atoms with Gasteiger partial charge < -0.3 is 4.74 Å². The predicted molar refractivity (Wildman–Crippen MR) is 42.7 cm³/mol. The third-order valence-electron chi connectivity index (χ3n) is 1.15. The van der Waals surface area contributed by atoms with Crippen molar-refractivity contribution in [3.05, 3.63) is 29.0 Å². The number of carbonyl (C=O) groups excluding carboxylic acids is 1. The van der Waals surface area contributed by atoms with Crippen LogP contribution in [0.2, 0.25) is 5.02 Å². The average molecular weight is 189 g/mol. The van der Waals surface area contributed by atoms with Crippen LogP contribution >= 0.6 is 11.6 Å². The molecule has 12 heavy (non-hydrogen) atoms. The maximum absolute atomic E-state index is 12.5. The Labute approximate surface area is 73.9 Å². The van der Waals surface area contributed by atoms with Crippen LogP contribution in [-0.4, -0.2) is 5.97 Å². The standard InChI is InChI=1S/C8H6ClFO2/c1-5(11)12-8-3-2-6(10)4-7(8)9/h2-4H,1H3. The molecule has 0 aromatic heterocycles. The molecule has 1 aromatic rings. The number of carbonyl (C=O) groups is 1. The minimum absolute atomic E-state index is 0.0881. The third-order valence-corrected chi connectivity index (χ3v) is 1.44. The molecule has 0 aliphatic carbocycles. The van der Waals surface area contributed by atoms with Crippen LogP contribution in [0.5, 0.6) is 5.75 Å². The predicted octanol–water partition coefficient (Wildman–Crippen LogP) is 2.40. The maximum atomic E-state index is 12.5. The van der Waals surface area contributed by atoms with Crippen molar-refractivity contribution >= 4 is 17.6 Å². The number of hydrogen-bond donors (Lipinski definition) is 0. The normalized spacial score (nSPS) is 9.58. The average Bonchev–Trinajstić information content (AvgIpc) is 1.94. The molecule has 0 amide bonds. The van der Waals surface area contributed by atoms with Crippen molar-refractivity contribution < 1.29 is 13.9 Å². The van der Waals surface area contributed by atoms with Crippen LogP contribution in [0.4, 0.5) is 4.39 Å². The first-order valence-corrected chi connectivity index (χ1v) is 3.61. The van der Waals surface area contributed by atoms with Gasteiger partial charge in [-0.2, -0.15) is 0 Å². The van der Waals surface area contributed by atoms with Gasteiger partial charge in [0.15, 0.2) is 0 Å². The molecule has 0 fully saturated rings. The molecule has 0 heterocycles. The van der Waals surface area contributed by atoms with Crippen molar-refractivity contribution in [2.75, 3.05) is 0 Å². The Kier molecular flexibility index (Phi) is 2.65. The first-order valence-electron chi connectivity index (χ1n) is 3.23. The summed E-state index contributed by atoms with van der Waals surface area (Å²) in [5, 5.41) is 0.0881. The molecule has 0 radical (unpaired) electrons. The van der Waals surface area contributed by atoms with Gasteiger partial charge in [-0.15, -0.1) is 0 Å². The van der Waals surface area contributed by atoms with E-state index in [9.17, 15) is 9.18 Å². The zero-order valence-electron chi connectivity index (χ0n) is 6.30. The van der Waals surface area contributed by atoms with E-state index in [1.807, 2.05) is 0 Å². The Morgan fingerprint density at radius 1 is 1.58 bits per heavy atom. The van der Waals surface area contributed by atoms with Crippen molar-refractivity contribution in [3.63, 3.8) is 0 Å². The highest BCUT2D eigenvalue weighted by atomic mass is 35.5. The summed E-state index contributed by atoms with van der Waals surface area (Å²) >= 11 is 5.56. The SMILES string of the molecule is CC(=O)Oc1ccc(F)cc1Cl. The summed E-state index contributed by atoms with van der Waals surface area (Å²) in [5.74, 6) is -0.773. The van der Waals surface area contributed by atoms with Gasteiger partial charge in [-0.3, -0.25) is 4.79 Å². The van der Waals surface area contributed by atoms with Gasteiger partial charge in [-0.25, -0.2) is 4.39 Å². The van der Waals surface area contributed by atoms with Crippen molar-refractivity contribution in [1.29, 1.82) is 0 Å². The second kappa shape index (κ2) is 3.54. The summed E-state index contributed by atoms with van der Waals surface area (Å²) in [4.78, 5) is 10.5. The fraction of sp³-hybridized carbons (Fsp3) is 0.125. The van der Waals surface area contributed by atoms with Crippen LogP contribution in [0.25, 0.3) is 0 Å². The summed E-state index contributed by atoms with van der Waals surface area (Å²) in [6.07, 6.45) is 0. The molecular weight excluding hydrogens is 183 g/mol. The van der Waals surface area contributed by atoms with E-state index in [0.717, 1.165) is 6.07 Å². The van der Waals surface area contributed by atoms with Crippen LogP contribution in [0.15, 0.2) is 18.2 Å². The lowest BCUT2D eigenvalue weighted by molar-refractivity contribution is -0.131. The Balaban J connectivity index is 2.93. The van der Waals surface area contributed by atoms with Crippen LogP contribution in [-0.2, 0) is 4.79 Å². The fourth-order valence-corrected chi connectivity index (χ4v) is 0.919. The summed E-state index contributed by atoms with van der Waals surface area (Å²) < 4.78 is 17.1. The number of halogens is 2. The van der Waals surface area contributed by atoms with E-state index in [0.29, 0.717) is 0 Å². The number of esters is 1. The Bertz CT molecular complexity index is 312. The van der Waals surface area contributed by atoms with Crippen LogP contribution in [0.1, 0.15) is 6.92 Å². The largest absolute Gasteiger partial charge is 0.425 e. The summed E-state index contributed by atoms with van der Waals surface area (Å²) in [6.45, 7) is 1.25. The monoisotopic (exact) mass is 188 g/mol. The Morgan fingerprint density at radius 3 is 2.75 bits per heavy atom. The topological polar surface area (TPSA) is 26.3 Å². The highest BCUT2D eigenvalue weighted by molar-refractivity contribution is 6.32. The van der Waals surface area contributed by atoms with Gasteiger partial charge in [-0.05, 0) is 18.2 Å². The van der Waals surface area contributed by atoms with Gasteiger partial charge in [0.2, 0.25) is 0 Å². The maximum Gasteiger partial charge on any atom is 0.308 e. The minimum atomic E-state index is -0.483. The van der Waals surface area contributed by atoms with E-state index in [1.54, 1.807) is 0 Å². The lowest BCUT2D eigenvalue weighted by Gasteiger charge is -2.02. The van der Waals surface area contributed by atoms with E-state index in [1.165, 1.54) is 19.1 Å². The summed E-state index contributed by atoms with van der Waals surface area (Å²) in [5.41, 5.74) is 0. The van der Waals surface area contributed by atoms with Gasteiger partial charge >= 0.3 is 5.97 Å². The molecule has 0 atom stereocenters. The Morgan fingerprint density at radius 2 is 2.25 bits per heavy atom. The molecule has 4 heteroatoms. The molecule has 0 saturated heterocycles. The molecule has 0 saturated carbocycles. The minimum Gasteiger partial charge on any atom is -0.425 e. The molecule has 0 unspecified atom stereocenters. The fourth-order valence-electron chi connectivity index (χ4n) is 0.713. The van der Waals surface area contributed by atoms with Gasteiger partial charge in [0, 0.05) is 6.92 Å². The van der Waals surface area contributed by atoms with Gasteiger partial charge in [0.05, 0.1) is 5.02 Å². The Hall–Kier alpha value is -1.09. The number of ether oxygens (including phenoxy) is 1. The van der Waals surface area contributed by atoms with Crippen LogP contribution < -0.4 is 4.74 Å². The second-order valence-corrected chi connectivity index (χ2v) is 2.58. The van der Waals surface area contributed by atoms with Crippen molar-refractivity contribution in [2.24, 2.45) is 0 Å². The summed E-state index contributed by atoms with van der Waals surface area (Å²) in [6, 6.07) is 3.56. The zero-order valence-corrected chi connectivity index (χ0v) is 7.06. The van der Waals surface area contributed by atoms with Crippen molar-refractivity contribution in [3.8, 4) is 5.75 Å². The molecule has 0 aliphatic heterocycles. The summed E-state index contributed by atoms with van der Waals surface area (Å²) in [7, 11) is 0. The highest BCUT2D eigenvalue weighted by Gasteiger charge is 2.04. The second-order valence-electron chi connectivity index (χ2n) is 2.17. The lowest BCUT2D eigenvalue weighted by Crippen LogP contribution is -2.01. The third kappa shape index (κ3) is 2.20. The van der Waals surface area contributed by atoms with Crippen molar-refractivity contribution in [2.45, 2.75) is 6.92 Å². The van der Waals surface area contributed by atoms with E-state index < -0.39 is 11.8 Å². The molecule has 0 aliphatic rings. The molecular formula is C8H6ClFO2. The van der Waals surface area contributed by atoms with E-state index in [2.05, 4.69) is 4.74 Å².